The van der Waals surface area contributed by atoms with Gasteiger partial charge < -0.3 is 10.2 Å². The van der Waals surface area contributed by atoms with E-state index in [0.29, 0.717) is 6.04 Å². The highest BCUT2D eigenvalue weighted by Gasteiger charge is 2.11. The molecule has 1 N–H and O–H groups in total. The van der Waals surface area contributed by atoms with Crippen molar-refractivity contribution in [3.05, 3.63) is 16.6 Å². The van der Waals surface area contributed by atoms with Crippen LogP contribution in [0.15, 0.2) is 11.7 Å². The maximum atomic E-state index is 4.14. The molecule has 1 heterocycles. The molecule has 0 aromatic carbocycles. The molecule has 1 atom stereocenters. The van der Waals surface area contributed by atoms with Gasteiger partial charge in [0.25, 0.3) is 0 Å². The third-order valence-corrected chi connectivity index (χ3v) is 3.91. The van der Waals surface area contributed by atoms with Gasteiger partial charge in [-0.15, -0.1) is 11.3 Å². The zero-order valence-corrected chi connectivity index (χ0v) is 12.1. The molecule has 3 nitrogen and oxygen atoms in total. The molecule has 0 fully saturated rings. The number of aromatic nitrogens is 1. The van der Waals surface area contributed by atoms with E-state index in [9.17, 15) is 0 Å². The minimum Gasteiger partial charge on any atom is -0.314 e. The van der Waals surface area contributed by atoms with Gasteiger partial charge in [-0.1, -0.05) is 20.8 Å². The summed E-state index contributed by atoms with van der Waals surface area (Å²) >= 11 is 1.76. The molecule has 0 bridgehead atoms. The molecule has 0 spiro atoms. The van der Waals surface area contributed by atoms with Gasteiger partial charge in [0.15, 0.2) is 0 Å². The summed E-state index contributed by atoms with van der Waals surface area (Å²) in [7, 11) is 0. The van der Waals surface area contributed by atoms with Gasteiger partial charge in [-0.2, -0.15) is 0 Å². The second-order valence-electron chi connectivity index (χ2n) is 4.24. The first-order valence-corrected chi connectivity index (χ1v) is 7.51. The zero-order valence-electron chi connectivity index (χ0n) is 11.3. The summed E-state index contributed by atoms with van der Waals surface area (Å²) in [5.74, 6) is 0. The fraction of sp³-hybridized carbons (Fsp3) is 0.769. The zero-order chi connectivity index (χ0) is 12.5. The molecule has 0 radical (unpaired) electrons. The Morgan fingerprint density at radius 2 is 2.12 bits per heavy atom. The first kappa shape index (κ1) is 14.6. The van der Waals surface area contributed by atoms with Crippen LogP contribution in [-0.4, -0.2) is 42.1 Å². The van der Waals surface area contributed by atoms with Crippen LogP contribution in [0.5, 0.6) is 0 Å². The lowest BCUT2D eigenvalue weighted by Gasteiger charge is -2.23. The smallest absolute Gasteiger partial charge is 0.0794 e. The van der Waals surface area contributed by atoms with E-state index in [0.717, 1.165) is 26.1 Å². The van der Waals surface area contributed by atoms with E-state index in [1.807, 2.05) is 11.7 Å². The predicted octanol–water partition coefficient (Wildman–Crippen LogP) is 2.40. The lowest BCUT2D eigenvalue weighted by Crippen LogP contribution is -2.35. The Kier molecular flexibility index (Phi) is 7.40. The van der Waals surface area contributed by atoms with Crippen LogP contribution >= 0.6 is 11.3 Å². The van der Waals surface area contributed by atoms with Gasteiger partial charge in [-0.3, -0.25) is 4.98 Å². The van der Waals surface area contributed by atoms with E-state index in [4.69, 9.17) is 0 Å². The number of nitrogens with zero attached hydrogens (tertiary/aromatic N) is 2. The van der Waals surface area contributed by atoms with Crippen molar-refractivity contribution in [2.24, 2.45) is 0 Å². The molecule has 1 aromatic heterocycles. The van der Waals surface area contributed by atoms with Crippen molar-refractivity contribution in [3.63, 3.8) is 0 Å². The molecular weight excluding hydrogens is 230 g/mol. The highest BCUT2D eigenvalue weighted by atomic mass is 32.1. The van der Waals surface area contributed by atoms with Crippen LogP contribution in [0.4, 0.5) is 0 Å². The molecule has 1 aromatic rings. The Morgan fingerprint density at radius 1 is 1.35 bits per heavy atom. The summed E-state index contributed by atoms with van der Waals surface area (Å²) in [6, 6.07) is 0.584. The minimum absolute atomic E-state index is 0.584. The Morgan fingerprint density at radius 3 is 2.65 bits per heavy atom. The van der Waals surface area contributed by atoms with Crippen molar-refractivity contribution in [1.29, 1.82) is 0 Å². The summed E-state index contributed by atoms with van der Waals surface area (Å²) in [4.78, 5) is 8.01. The molecule has 0 aliphatic carbocycles. The van der Waals surface area contributed by atoms with Crippen molar-refractivity contribution in [2.45, 2.75) is 39.7 Å². The second-order valence-corrected chi connectivity index (χ2v) is 5.21. The third kappa shape index (κ3) is 5.61. The molecule has 1 rings (SSSR count). The summed E-state index contributed by atoms with van der Waals surface area (Å²) < 4.78 is 0. The largest absolute Gasteiger partial charge is 0.314 e. The summed E-state index contributed by atoms with van der Waals surface area (Å²) in [6.07, 6.45) is 4.32. The highest BCUT2D eigenvalue weighted by Crippen LogP contribution is 2.11. The van der Waals surface area contributed by atoms with Crippen LogP contribution in [0.25, 0.3) is 0 Å². The number of hydrogen-bond acceptors (Lipinski definition) is 4. The number of hydrogen-bond donors (Lipinski definition) is 1. The molecule has 0 saturated carbocycles. The molecule has 0 saturated heterocycles. The maximum absolute atomic E-state index is 4.14. The van der Waals surface area contributed by atoms with Gasteiger partial charge in [0.05, 0.1) is 5.51 Å². The number of rotatable bonds is 9. The Hall–Kier alpha value is -0.450. The Balaban J connectivity index is 2.37. The van der Waals surface area contributed by atoms with E-state index < -0.39 is 0 Å². The summed E-state index contributed by atoms with van der Waals surface area (Å²) in [5.41, 5.74) is 1.92. The molecule has 98 valence electrons. The fourth-order valence-corrected chi connectivity index (χ4v) is 2.71. The molecule has 0 aliphatic rings. The monoisotopic (exact) mass is 255 g/mol. The third-order valence-electron chi connectivity index (χ3n) is 3.11. The number of nitrogens with one attached hydrogen (secondary N) is 1. The quantitative estimate of drug-likeness (QED) is 0.734. The van der Waals surface area contributed by atoms with E-state index in [-0.39, 0.29) is 0 Å². The van der Waals surface area contributed by atoms with Crippen molar-refractivity contribution >= 4 is 11.3 Å². The van der Waals surface area contributed by atoms with Gasteiger partial charge >= 0.3 is 0 Å². The lowest BCUT2D eigenvalue weighted by atomic mass is 10.1. The van der Waals surface area contributed by atoms with Crippen LogP contribution in [0.1, 0.15) is 32.1 Å². The van der Waals surface area contributed by atoms with Crippen LogP contribution in [0.3, 0.4) is 0 Å². The topological polar surface area (TPSA) is 28.2 Å². The van der Waals surface area contributed by atoms with Gasteiger partial charge in [0, 0.05) is 17.1 Å². The van der Waals surface area contributed by atoms with Crippen molar-refractivity contribution in [3.8, 4) is 0 Å². The maximum Gasteiger partial charge on any atom is 0.0794 e. The van der Waals surface area contributed by atoms with E-state index in [1.54, 1.807) is 11.3 Å². The first-order chi connectivity index (χ1) is 8.30. The van der Waals surface area contributed by atoms with E-state index >= 15 is 0 Å². The summed E-state index contributed by atoms with van der Waals surface area (Å²) in [6.45, 7) is 11.2. The second kappa shape index (κ2) is 8.61. The van der Waals surface area contributed by atoms with Crippen LogP contribution in [-0.2, 0) is 6.42 Å². The van der Waals surface area contributed by atoms with Crippen molar-refractivity contribution in [1.82, 2.24) is 15.2 Å². The average molecular weight is 255 g/mol. The van der Waals surface area contributed by atoms with Gasteiger partial charge in [0.1, 0.15) is 0 Å². The highest BCUT2D eigenvalue weighted by molar-refractivity contribution is 7.09. The number of thiazole rings is 1. The van der Waals surface area contributed by atoms with Gasteiger partial charge in [-0.05, 0) is 39.0 Å². The molecule has 0 amide bonds. The minimum atomic E-state index is 0.584. The van der Waals surface area contributed by atoms with Crippen molar-refractivity contribution < 1.29 is 0 Å². The van der Waals surface area contributed by atoms with E-state index in [1.165, 1.54) is 17.8 Å². The normalized spacial score (nSPS) is 13.2. The van der Waals surface area contributed by atoms with Gasteiger partial charge in [0.2, 0.25) is 0 Å². The molecule has 4 heteroatoms. The van der Waals surface area contributed by atoms with Crippen molar-refractivity contribution in [2.75, 3.05) is 26.2 Å². The molecular formula is C13H25N3S. The fourth-order valence-electron chi connectivity index (χ4n) is 2.03. The standard InChI is InChI=1S/C13H25N3S/c1-4-15-12(7-8-16(5-2)6-3)9-13-10-14-11-17-13/h10-12,15H,4-9H2,1-3H3. The molecule has 17 heavy (non-hydrogen) atoms. The molecule has 1 unspecified atom stereocenters. The van der Waals surface area contributed by atoms with Crippen LogP contribution < -0.4 is 5.32 Å². The first-order valence-electron chi connectivity index (χ1n) is 6.63. The Labute approximate surface area is 109 Å². The van der Waals surface area contributed by atoms with E-state index in [2.05, 4.69) is 36.0 Å². The predicted molar refractivity (Wildman–Crippen MR) is 75.7 cm³/mol. The lowest BCUT2D eigenvalue weighted by molar-refractivity contribution is 0.281. The van der Waals surface area contributed by atoms with Gasteiger partial charge in [-0.25, -0.2) is 0 Å². The van der Waals surface area contributed by atoms with Crippen LogP contribution in [0, 0.1) is 0 Å². The Bertz CT molecular complexity index is 270. The molecule has 0 aliphatic heterocycles. The number of likely N-dealkylation sites (N-methyl/N-ethyl adjacent to an activating group) is 1. The SMILES string of the molecule is CCNC(CCN(CC)CC)Cc1cncs1. The average Bonchev–Trinajstić information content (AvgIpc) is 2.83. The summed E-state index contributed by atoms with van der Waals surface area (Å²) in [5, 5.41) is 3.58. The van der Waals surface area contributed by atoms with Crippen LogP contribution in [0.2, 0.25) is 0 Å².